The maximum absolute atomic E-state index is 13.6. The van der Waals surface area contributed by atoms with Crippen molar-refractivity contribution < 1.29 is 26.3 Å². The third-order valence-corrected chi connectivity index (χ3v) is 5.84. The summed E-state index contributed by atoms with van der Waals surface area (Å²) in [4.78, 5) is 2.76. The number of halogens is 3. The Hall–Kier alpha value is -3.01. The number of aromatic nitrogens is 2. The molecule has 0 bridgehead atoms. The van der Waals surface area contributed by atoms with Gasteiger partial charge < -0.3 is 4.74 Å². The van der Waals surface area contributed by atoms with Crippen LogP contribution in [0.15, 0.2) is 53.4 Å². The molecule has 1 heterocycles. The Morgan fingerprint density at radius 3 is 2.33 bits per heavy atom. The second-order valence-electron chi connectivity index (χ2n) is 6.53. The van der Waals surface area contributed by atoms with E-state index in [0.29, 0.717) is 21.7 Å². The average molecular weight is 439 g/mol. The maximum atomic E-state index is 13.6. The number of hydrogen-bond acceptors (Lipinski definition) is 4. The Morgan fingerprint density at radius 2 is 1.80 bits per heavy atom. The summed E-state index contributed by atoms with van der Waals surface area (Å²) in [6.45, 7) is 3.30. The Labute approximate surface area is 172 Å². The van der Waals surface area contributed by atoms with Gasteiger partial charge in [-0.2, -0.15) is 31.2 Å². The van der Waals surface area contributed by atoms with Crippen LogP contribution in [0.4, 0.5) is 13.2 Å². The van der Waals surface area contributed by atoms with Gasteiger partial charge in [-0.05, 0) is 49.2 Å². The van der Waals surface area contributed by atoms with Crippen LogP contribution in [-0.2, 0) is 22.6 Å². The molecule has 6 nitrogen and oxygen atoms in total. The van der Waals surface area contributed by atoms with Gasteiger partial charge in [0.25, 0.3) is 10.0 Å². The lowest BCUT2D eigenvalue weighted by Gasteiger charge is -2.13. The van der Waals surface area contributed by atoms with E-state index in [1.54, 1.807) is 38.1 Å². The standard InChI is InChI=1S/C20H20F3N3O3S/c1-4-16-18(14-10-11-17(29-3)13(2)12-14)26(24-19(16)20(21,22)23)25-30(27,28)15-8-6-5-7-9-15/h5-12,25H,4H2,1-3H3. The fourth-order valence-electron chi connectivity index (χ4n) is 3.17. The van der Waals surface area contributed by atoms with Crippen LogP contribution in [0.3, 0.4) is 0 Å². The molecule has 0 amide bonds. The largest absolute Gasteiger partial charge is 0.496 e. The first-order valence-electron chi connectivity index (χ1n) is 9.00. The number of nitrogens with zero attached hydrogens (tertiary/aromatic N) is 2. The minimum Gasteiger partial charge on any atom is -0.496 e. The van der Waals surface area contributed by atoms with Gasteiger partial charge in [0.05, 0.1) is 17.7 Å². The van der Waals surface area contributed by atoms with Crippen molar-refractivity contribution in [3.8, 4) is 17.0 Å². The third kappa shape index (κ3) is 4.13. The molecule has 0 spiro atoms. The molecule has 0 saturated heterocycles. The molecule has 0 atom stereocenters. The van der Waals surface area contributed by atoms with Gasteiger partial charge in [-0.3, -0.25) is 0 Å². The van der Waals surface area contributed by atoms with Crippen molar-refractivity contribution in [3.63, 3.8) is 0 Å². The minimum absolute atomic E-state index is 0.00230. The molecular weight excluding hydrogens is 419 g/mol. The number of methoxy groups -OCH3 is 1. The lowest BCUT2D eigenvalue weighted by atomic mass is 10.0. The number of benzene rings is 2. The van der Waals surface area contributed by atoms with Gasteiger partial charge in [0, 0.05) is 11.1 Å². The molecule has 30 heavy (non-hydrogen) atoms. The molecule has 0 saturated carbocycles. The highest BCUT2D eigenvalue weighted by Crippen LogP contribution is 2.37. The fraction of sp³-hybridized carbons (Fsp3) is 0.250. The molecule has 160 valence electrons. The van der Waals surface area contributed by atoms with Crippen LogP contribution in [0.25, 0.3) is 11.3 Å². The summed E-state index contributed by atoms with van der Waals surface area (Å²) in [5, 5.41) is 3.58. The Kier molecular flexibility index (Phi) is 5.80. The summed E-state index contributed by atoms with van der Waals surface area (Å²) >= 11 is 0. The molecule has 0 aliphatic rings. The first-order valence-corrected chi connectivity index (χ1v) is 10.5. The van der Waals surface area contributed by atoms with Crippen molar-refractivity contribution in [1.29, 1.82) is 0 Å². The van der Waals surface area contributed by atoms with Gasteiger partial charge in [0.1, 0.15) is 5.75 Å². The number of aryl methyl sites for hydroxylation is 1. The number of hydrogen-bond donors (Lipinski definition) is 1. The van der Waals surface area contributed by atoms with Gasteiger partial charge in [0.15, 0.2) is 5.69 Å². The summed E-state index contributed by atoms with van der Waals surface area (Å²) in [7, 11) is -2.68. The van der Waals surface area contributed by atoms with E-state index in [2.05, 4.69) is 9.93 Å². The van der Waals surface area contributed by atoms with Crippen LogP contribution in [0.1, 0.15) is 23.7 Å². The number of sulfonamides is 1. The quantitative estimate of drug-likeness (QED) is 0.619. The van der Waals surface area contributed by atoms with E-state index in [4.69, 9.17) is 4.74 Å². The topological polar surface area (TPSA) is 73.2 Å². The molecule has 10 heteroatoms. The molecule has 0 radical (unpaired) electrons. The first-order chi connectivity index (χ1) is 14.1. The molecule has 0 fully saturated rings. The minimum atomic E-state index is -4.74. The van der Waals surface area contributed by atoms with Gasteiger partial charge in [0.2, 0.25) is 0 Å². The second kappa shape index (κ2) is 8.02. The molecule has 1 N–H and O–H groups in total. The van der Waals surface area contributed by atoms with Crippen molar-refractivity contribution >= 4 is 10.0 Å². The molecule has 2 aromatic carbocycles. The first kappa shape index (κ1) is 21.7. The summed E-state index contributed by atoms with van der Waals surface area (Å²) in [6, 6.07) is 12.2. The summed E-state index contributed by atoms with van der Waals surface area (Å²) in [6.07, 6.45) is -4.74. The van der Waals surface area contributed by atoms with Crippen LogP contribution in [0.2, 0.25) is 0 Å². The van der Waals surface area contributed by atoms with Crippen LogP contribution in [-0.4, -0.2) is 25.4 Å². The number of ether oxygens (including phenoxy) is 1. The predicted molar refractivity (Wildman–Crippen MR) is 106 cm³/mol. The molecule has 0 aliphatic carbocycles. The lowest BCUT2D eigenvalue weighted by molar-refractivity contribution is -0.142. The van der Waals surface area contributed by atoms with Gasteiger partial charge >= 0.3 is 6.18 Å². The monoisotopic (exact) mass is 439 g/mol. The van der Waals surface area contributed by atoms with E-state index in [-0.39, 0.29) is 22.6 Å². The summed E-state index contributed by atoms with van der Waals surface area (Å²) in [5.41, 5.74) is -0.157. The van der Waals surface area contributed by atoms with Crippen LogP contribution < -0.4 is 9.57 Å². The van der Waals surface area contributed by atoms with Gasteiger partial charge in [-0.1, -0.05) is 25.1 Å². The smallest absolute Gasteiger partial charge is 0.435 e. The second-order valence-corrected chi connectivity index (χ2v) is 8.19. The molecule has 1 aromatic heterocycles. The van der Waals surface area contributed by atoms with Crippen molar-refractivity contribution in [2.45, 2.75) is 31.3 Å². The molecule has 0 aliphatic heterocycles. The zero-order valence-electron chi connectivity index (χ0n) is 16.5. The highest BCUT2D eigenvalue weighted by Gasteiger charge is 2.39. The molecular formula is C20H20F3N3O3S. The number of alkyl halides is 3. The SMILES string of the molecule is CCc1c(C(F)(F)F)nn(NS(=O)(=O)c2ccccc2)c1-c1ccc(OC)c(C)c1. The van der Waals surface area contributed by atoms with Gasteiger partial charge in [-0.15, -0.1) is 5.10 Å². The van der Waals surface area contributed by atoms with Crippen LogP contribution in [0, 0.1) is 6.92 Å². The average Bonchev–Trinajstić information content (AvgIpc) is 3.06. The maximum Gasteiger partial charge on any atom is 0.435 e. The van der Waals surface area contributed by atoms with Crippen molar-refractivity contribution in [2.75, 3.05) is 11.9 Å². The Morgan fingerprint density at radius 1 is 1.13 bits per heavy atom. The number of nitrogens with one attached hydrogen (secondary N) is 1. The highest BCUT2D eigenvalue weighted by molar-refractivity contribution is 7.92. The van der Waals surface area contributed by atoms with E-state index in [9.17, 15) is 21.6 Å². The van der Waals surface area contributed by atoms with E-state index >= 15 is 0 Å². The normalized spacial score (nSPS) is 12.1. The van der Waals surface area contributed by atoms with Crippen molar-refractivity contribution in [2.24, 2.45) is 0 Å². The molecule has 3 aromatic rings. The highest BCUT2D eigenvalue weighted by atomic mass is 32.2. The predicted octanol–water partition coefficient (Wildman–Crippen LogP) is 4.38. The Balaban J connectivity index is 2.22. The fourth-order valence-corrected chi connectivity index (χ4v) is 4.15. The Bertz CT molecular complexity index is 1160. The zero-order chi connectivity index (χ0) is 22.1. The van der Waals surface area contributed by atoms with Crippen LogP contribution >= 0.6 is 0 Å². The van der Waals surface area contributed by atoms with E-state index in [1.807, 2.05) is 0 Å². The number of rotatable bonds is 6. The van der Waals surface area contributed by atoms with E-state index < -0.39 is 21.9 Å². The van der Waals surface area contributed by atoms with Crippen LogP contribution in [0.5, 0.6) is 5.75 Å². The zero-order valence-corrected chi connectivity index (χ0v) is 17.3. The van der Waals surface area contributed by atoms with Crippen molar-refractivity contribution in [1.82, 2.24) is 9.89 Å². The molecule has 0 unspecified atom stereocenters. The van der Waals surface area contributed by atoms with Crippen molar-refractivity contribution in [3.05, 3.63) is 65.4 Å². The summed E-state index contributed by atoms with van der Waals surface area (Å²) in [5.74, 6) is 0.559. The van der Waals surface area contributed by atoms with Gasteiger partial charge in [-0.25, -0.2) is 0 Å². The van der Waals surface area contributed by atoms with E-state index in [1.165, 1.54) is 31.4 Å². The lowest BCUT2D eigenvalue weighted by Crippen LogP contribution is -2.25. The van der Waals surface area contributed by atoms with E-state index in [0.717, 1.165) is 0 Å². The third-order valence-electron chi connectivity index (χ3n) is 4.53. The summed E-state index contributed by atoms with van der Waals surface area (Å²) < 4.78 is 71.6. The molecule has 3 rings (SSSR count).